The Labute approximate surface area is 145 Å². The minimum atomic E-state index is -3.16. The standard InChI is InChI=1S/C15H27N3O3S.ClH/c16-14-6-5-12-10-17(11-13(12)14)15(19)4-3-9-22(20,21)18-7-1-2-8-18;/h12-14H,1-11,16H2;1H. The Morgan fingerprint density at radius 2 is 1.83 bits per heavy atom. The molecule has 134 valence electrons. The van der Waals surface area contributed by atoms with Crippen LogP contribution in [0.15, 0.2) is 0 Å². The van der Waals surface area contributed by atoms with Crippen molar-refractivity contribution in [2.24, 2.45) is 17.6 Å². The van der Waals surface area contributed by atoms with Crippen molar-refractivity contribution in [2.75, 3.05) is 31.9 Å². The molecule has 1 saturated carbocycles. The zero-order chi connectivity index (χ0) is 15.7. The number of hydrogen-bond acceptors (Lipinski definition) is 4. The van der Waals surface area contributed by atoms with Crippen LogP contribution in [0.3, 0.4) is 0 Å². The van der Waals surface area contributed by atoms with E-state index in [2.05, 4.69) is 0 Å². The Bertz CT molecular complexity index is 522. The van der Waals surface area contributed by atoms with Crippen LogP contribution in [0.5, 0.6) is 0 Å². The number of likely N-dealkylation sites (tertiary alicyclic amines) is 1. The second kappa shape index (κ2) is 7.68. The van der Waals surface area contributed by atoms with E-state index in [9.17, 15) is 13.2 Å². The summed E-state index contributed by atoms with van der Waals surface area (Å²) in [4.78, 5) is 14.2. The Balaban J connectivity index is 0.00000192. The van der Waals surface area contributed by atoms with Crippen LogP contribution in [-0.2, 0) is 14.8 Å². The molecule has 23 heavy (non-hydrogen) atoms. The van der Waals surface area contributed by atoms with E-state index in [1.165, 1.54) is 0 Å². The van der Waals surface area contributed by atoms with Crippen LogP contribution < -0.4 is 5.73 Å². The predicted octanol–water partition coefficient (Wildman–Crippen LogP) is 0.810. The minimum absolute atomic E-state index is 0. The summed E-state index contributed by atoms with van der Waals surface area (Å²) in [6.45, 7) is 2.87. The van der Waals surface area contributed by atoms with Crippen molar-refractivity contribution in [1.82, 2.24) is 9.21 Å². The summed E-state index contributed by atoms with van der Waals surface area (Å²) in [5, 5.41) is 0. The number of rotatable bonds is 5. The third-order valence-electron chi connectivity index (χ3n) is 5.52. The molecule has 3 aliphatic rings. The fourth-order valence-corrected chi connectivity index (χ4v) is 5.75. The normalized spacial score (nSPS) is 31.2. The molecule has 3 fully saturated rings. The molecule has 3 rings (SSSR count). The van der Waals surface area contributed by atoms with Gasteiger partial charge in [0.2, 0.25) is 15.9 Å². The summed E-state index contributed by atoms with van der Waals surface area (Å²) >= 11 is 0. The monoisotopic (exact) mass is 365 g/mol. The van der Waals surface area contributed by atoms with E-state index in [-0.39, 0.29) is 30.1 Å². The van der Waals surface area contributed by atoms with Gasteiger partial charge >= 0.3 is 0 Å². The zero-order valence-corrected chi connectivity index (χ0v) is 15.2. The first-order valence-corrected chi connectivity index (χ1v) is 10.1. The quantitative estimate of drug-likeness (QED) is 0.781. The molecule has 0 aromatic carbocycles. The van der Waals surface area contributed by atoms with Crippen LogP contribution in [0.1, 0.15) is 38.5 Å². The van der Waals surface area contributed by atoms with Crippen LogP contribution in [-0.4, -0.2) is 61.5 Å². The molecular weight excluding hydrogens is 338 g/mol. The number of hydrogen-bond donors (Lipinski definition) is 1. The Hall–Kier alpha value is -0.370. The lowest BCUT2D eigenvalue weighted by molar-refractivity contribution is -0.130. The first-order valence-electron chi connectivity index (χ1n) is 8.48. The van der Waals surface area contributed by atoms with Crippen LogP contribution in [0.2, 0.25) is 0 Å². The van der Waals surface area contributed by atoms with Crippen LogP contribution in [0.25, 0.3) is 0 Å². The number of carbonyl (C=O) groups is 1. The number of nitrogens with zero attached hydrogens (tertiary/aromatic N) is 2. The van der Waals surface area contributed by atoms with Gasteiger partial charge in [-0.1, -0.05) is 0 Å². The average molecular weight is 366 g/mol. The van der Waals surface area contributed by atoms with Gasteiger partial charge in [-0.2, -0.15) is 0 Å². The van der Waals surface area contributed by atoms with E-state index in [1.807, 2.05) is 4.90 Å². The maximum absolute atomic E-state index is 12.3. The van der Waals surface area contributed by atoms with Gasteiger partial charge in [0.05, 0.1) is 5.75 Å². The van der Waals surface area contributed by atoms with Gasteiger partial charge in [0.25, 0.3) is 0 Å². The largest absolute Gasteiger partial charge is 0.342 e. The third kappa shape index (κ3) is 4.18. The summed E-state index contributed by atoms with van der Waals surface area (Å²) in [5.74, 6) is 1.21. The first-order chi connectivity index (χ1) is 10.5. The second-order valence-electron chi connectivity index (χ2n) is 6.99. The first kappa shape index (κ1) is 19.0. The van der Waals surface area contributed by atoms with Crippen LogP contribution >= 0.6 is 12.4 Å². The van der Waals surface area contributed by atoms with Gasteiger partial charge < -0.3 is 10.6 Å². The van der Waals surface area contributed by atoms with Gasteiger partial charge in [0.1, 0.15) is 0 Å². The van der Waals surface area contributed by atoms with Gasteiger partial charge in [-0.25, -0.2) is 12.7 Å². The molecule has 2 N–H and O–H groups in total. The highest BCUT2D eigenvalue weighted by atomic mass is 35.5. The summed E-state index contributed by atoms with van der Waals surface area (Å²) in [5.41, 5.74) is 6.09. The zero-order valence-electron chi connectivity index (χ0n) is 13.5. The molecule has 2 saturated heterocycles. The molecule has 0 radical (unpaired) electrons. The number of halogens is 1. The van der Waals surface area contributed by atoms with Crippen molar-refractivity contribution >= 4 is 28.3 Å². The van der Waals surface area contributed by atoms with E-state index in [4.69, 9.17) is 5.73 Å². The van der Waals surface area contributed by atoms with E-state index >= 15 is 0 Å². The van der Waals surface area contributed by atoms with E-state index in [1.54, 1.807) is 4.31 Å². The molecule has 6 nitrogen and oxygen atoms in total. The summed E-state index contributed by atoms with van der Waals surface area (Å²) in [7, 11) is -3.16. The third-order valence-corrected chi connectivity index (χ3v) is 7.47. The predicted molar refractivity (Wildman–Crippen MR) is 91.8 cm³/mol. The molecule has 8 heteroatoms. The average Bonchev–Trinajstić information content (AvgIpc) is 3.17. The van der Waals surface area contributed by atoms with Crippen molar-refractivity contribution in [3.05, 3.63) is 0 Å². The maximum Gasteiger partial charge on any atom is 0.222 e. The SMILES string of the molecule is Cl.NC1CCC2CN(C(=O)CCCS(=O)(=O)N3CCCC3)CC12. The second-order valence-corrected chi connectivity index (χ2v) is 9.08. The molecule has 0 bridgehead atoms. The molecule has 3 unspecified atom stereocenters. The van der Waals surface area contributed by atoms with Crippen molar-refractivity contribution in [2.45, 2.75) is 44.6 Å². The molecule has 3 atom stereocenters. The molecule has 0 aromatic heterocycles. The lowest BCUT2D eigenvalue weighted by Gasteiger charge is -2.19. The lowest BCUT2D eigenvalue weighted by atomic mass is 9.98. The smallest absolute Gasteiger partial charge is 0.222 e. The van der Waals surface area contributed by atoms with Crippen LogP contribution in [0, 0.1) is 11.8 Å². The summed E-state index contributed by atoms with van der Waals surface area (Å²) in [6.07, 6.45) is 4.87. The highest BCUT2D eigenvalue weighted by Gasteiger charge is 2.42. The number of carbonyl (C=O) groups excluding carboxylic acids is 1. The molecule has 2 aliphatic heterocycles. The highest BCUT2D eigenvalue weighted by molar-refractivity contribution is 7.89. The van der Waals surface area contributed by atoms with E-state index in [0.29, 0.717) is 37.8 Å². The highest BCUT2D eigenvalue weighted by Crippen LogP contribution is 2.37. The minimum Gasteiger partial charge on any atom is -0.342 e. The van der Waals surface area contributed by atoms with Crippen molar-refractivity contribution < 1.29 is 13.2 Å². The fourth-order valence-electron chi connectivity index (χ4n) is 4.17. The van der Waals surface area contributed by atoms with Crippen molar-refractivity contribution in [3.63, 3.8) is 0 Å². The molecule has 0 spiro atoms. The molecule has 0 aromatic rings. The number of amides is 1. The van der Waals surface area contributed by atoms with Gasteiger partial charge in [-0.3, -0.25) is 4.79 Å². The Kier molecular flexibility index (Phi) is 6.33. The van der Waals surface area contributed by atoms with Crippen molar-refractivity contribution in [3.8, 4) is 0 Å². The Morgan fingerprint density at radius 3 is 2.48 bits per heavy atom. The maximum atomic E-state index is 12.3. The Morgan fingerprint density at radius 1 is 1.13 bits per heavy atom. The fraction of sp³-hybridized carbons (Fsp3) is 0.933. The molecular formula is C15H28ClN3O3S. The van der Waals surface area contributed by atoms with Gasteiger partial charge in [0.15, 0.2) is 0 Å². The summed E-state index contributed by atoms with van der Waals surface area (Å²) in [6, 6.07) is 0.235. The van der Waals surface area contributed by atoms with Crippen molar-refractivity contribution in [1.29, 1.82) is 0 Å². The molecule has 2 heterocycles. The number of sulfonamides is 1. The van der Waals surface area contributed by atoms with E-state index in [0.717, 1.165) is 38.8 Å². The van der Waals surface area contributed by atoms with Crippen LogP contribution in [0.4, 0.5) is 0 Å². The lowest BCUT2D eigenvalue weighted by Crippen LogP contribution is -2.34. The number of nitrogens with two attached hydrogens (primary N) is 1. The van der Waals surface area contributed by atoms with Gasteiger partial charge in [0, 0.05) is 38.6 Å². The van der Waals surface area contributed by atoms with E-state index < -0.39 is 10.0 Å². The van der Waals surface area contributed by atoms with Gasteiger partial charge in [-0.15, -0.1) is 12.4 Å². The number of fused-ring (bicyclic) bond motifs is 1. The van der Waals surface area contributed by atoms with Gasteiger partial charge in [-0.05, 0) is 43.9 Å². The topological polar surface area (TPSA) is 83.7 Å². The molecule has 1 aliphatic carbocycles. The summed E-state index contributed by atoms with van der Waals surface area (Å²) < 4.78 is 25.8. The molecule has 1 amide bonds.